The Kier molecular flexibility index (Phi) is 6.09. The molecule has 0 heterocycles. The zero-order valence-corrected chi connectivity index (χ0v) is 12.8. The Hall–Kier alpha value is -2.17. The van der Waals surface area contributed by atoms with Gasteiger partial charge in [0, 0.05) is 5.56 Å². The third-order valence-corrected chi connectivity index (χ3v) is 3.18. The van der Waals surface area contributed by atoms with Gasteiger partial charge >= 0.3 is 11.9 Å². The first-order valence-corrected chi connectivity index (χ1v) is 6.87. The number of rotatable bonds is 6. The lowest BCUT2D eigenvalue weighted by molar-refractivity contribution is -0.158. The Labute approximate surface area is 124 Å². The van der Waals surface area contributed by atoms with Crippen LogP contribution >= 0.6 is 0 Å². The molecule has 0 amide bonds. The minimum atomic E-state index is -1.56. The topological polar surface area (TPSA) is 69.7 Å². The molecule has 0 aliphatic heterocycles. The van der Waals surface area contributed by atoms with E-state index in [0.717, 1.165) is 11.1 Å². The van der Waals surface area contributed by atoms with Gasteiger partial charge in [0.1, 0.15) is 0 Å². The Balaban J connectivity index is 3.18. The van der Waals surface area contributed by atoms with Crippen molar-refractivity contribution in [2.45, 2.75) is 27.7 Å². The normalized spacial score (nSPS) is 10.3. The van der Waals surface area contributed by atoms with Crippen molar-refractivity contribution in [3.8, 4) is 0 Å². The first-order valence-electron chi connectivity index (χ1n) is 6.87. The van der Waals surface area contributed by atoms with Gasteiger partial charge in [-0.15, -0.1) is 0 Å². The van der Waals surface area contributed by atoms with E-state index < -0.39 is 23.6 Å². The van der Waals surface area contributed by atoms with Gasteiger partial charge in [-0.3, -0.25) is 14.4 Å². The van der Waals surface area contributed by atoms with E-state index in [2.05, 4.69) is 0 Å². The number of aryl methyl sites for hydroxylation is 1. The third kappa shape index (κ3) is 3.90. The van der Waals surface area contributed by atoms with E-state index in [4.69, 9.17) is 9.47 Å². The van der Waals surface area contributed by atoms with Crippen LogP contribution in [0.3, 0.4) is 0 Å². The molecular weight excluding hydrogens is 272 g/mol. The van der Waals surface area contributed by atoms with Gasteiger partial charge in [0.15, 0.2) is 5.78 Å². The molecule has 0 unspecified atom stereocenters. The lowest BCUT2D eigenvalue weighted by Gasteiger charge is -2.15. The summed E-state index contributed by atoms with van der Waals surface area (Å²) in [6.07, 6.45) is 0. The Morgan fingerprint density at radius 2 is 1.52 bits per heavy atom. The van der Waals surface area contributed by atoms with Crippen LogP contribution in [0.2, 0.25) is 0 Å². The van der Waals surface area contributed by atoms with Gasteiger partial charge in [-0.1, -0.05) is 18.2 Å². The maximum absolute atomic E-state index is 12.5. The van der Waals surface area contributed by atoms with Crippen molar-refractivity contribution < 1.29 is 23.9 Å². The number of carbonyl (C=O) groups excluding carboxylic acids is 3. The minimum Gasteiger partial charge on any atom is -0.465 e. The number of carbonyl (C=O) groups is 3. The van der Waals surface area contributed by atoms with Crippen molar-refractivity contribution in [3.63, 3.8) is 0 Å². The van der Waals surface area contributed by atoms with Crippen molar-refractivity contribution in [2.24, 2.45) is 5.92 Å². The van der Waals surface area contributed by atoms with E-state index in [0.29, 0.717) is 5.56 Å². The van der Waals surface area contributed by atoms with Crippen molar-refractivity contribution in [1.82, 2.24) is 0 Å². The molecule has 1 aromatic carbocycles. The lowest BCUT2D eigenvalue weighted by atomic mass is 9.92. The summed E-state index contributed by atoms with van der Waals surface area (Å²) in [4.78, 5) is 36.4. The van der Waals surface area contributed by atoms with Crippen LogP contribution in [0.15, 0.2) is 18.2 Å². The lowest BCUT2D eigenvalue weighted by Crippen LogP contribution is -2.35. The van der Waals surface area contributed by atoms with Gasteiger partial charge in [0.2, 0.25) is 5.92 Å². The molecule has 1 aromatic rings. The van der Waals surface area contributed by atoms with Gasteiger partial charge in [-0.05, 0) is 38.8 Å². The predicted molar refractivity (Wildman–Crippen MR) is 77.0 cm³/mol. The summed E-state index contributed by atoms with van der Waals surface area (Å²) >= 11 is 0. The average Bonchev–Trinajstić information content (AvgIpc) is 2.42. The summed E-state index contributed by atoms with van der Waals surface area (Å²) < 4.78 is 9.65. The average molecular weight is 292 g/mol. The van der Waals surface area contributed by atoms with Crippen LogP contribution in [0.5, 0.6) is 0 Å². The third-order valence-electron chi connectivity index (χ3n) is 3.18. The smallest absolute Gasteiger partial charge is 0.328 e. The van der Waals surface area contributed by atoms with E-state index in [1.165, 1.54) is 0 Å². The molecule has 0 atom stereocenters. The zero-order valence-electron chi connectivity index (χ0n) is 12.8. The van der Waals surface area contributed by atoms with Gasteiger partial charge < -0.3 is 9.47 Å². The molecule has 0 spiro atoms. The summed E-state index contributed by atoms with van der Waals surface area (Å²) in [5, 5.41) is 0. The van der Waals surface area contributed by atoms with Crippen LogP contribution < -0.4 is 0 Å². The number of benzene rings is 1. The fourth-order valence-electron chi connectivity index (χ4n) is 1.94. The van der Waals surface area contributed by atoms with Crippen molar-refractivity contribution in [3.05, 3.63) is 34.9 Å². The Morgan fingerprint density at radius 3 is 2.00 bits per heavy atom. The molecule has 0 saturated carbocycles. The minimum absolute atomic E-state index is 0.0921. The maximum Gasteiger partial charge on any atom is 0.328 e. The van der Waals surface area contributed by atoms with Crippen molar-refractivity contribution in [1.29, 1.82) is 0 Å². The highest BCUT2D eigenvalue weighted by molar-refractivity contribution is 6.21. The molecule has 0 fully saturated rings. The number of hydrogen-bond donors (Lipinski definition) is 0. The van der Waals surface area contributed by atoms with Gasteiger partial charge in [0.25, 0.3) is 0 Å². The molecule has 0 N–H and O–H groups in total. The van der Waals surface area contributed by atoms with E-state index in [-0.39, 0.29) is 13.2 Å². The van der Waals surface area contributed by atoms with E-state index >= 15 is 0 Å². The monoisotopic (exact) mass is 292 g/mol. The highest BCUT2D eigenvalue weighted by atomic mass is 16.6. The van der Waals surface area contributed by atoms with Crippen LogP contribution in [0.4, 0.5) is 0 Å². The fourth-order valence-corrected chi connectivity index (χ4v) is 1.94. The Morgan fingerprint density at radius 1 is 1.00 bits per heavy atom. The molecule has 0 aliphatic rings. The Bertz CT molecular complexity index is 530. The van der Waals surface area contributed by atoms with Crippen LogP contribution in [-0.4, -0.2) is 30.9 Å². The quantitative estimate of drug-likeness (QED) is 0.457. The summed E-state index contributed by atoms with van der Waals surface area (Å²) in [7, 11) is 0. The number of esters is 2. The number of Topliss-reactive ketones (excluding diaryl/α,β-unsaturated/α-hetero) is 1. The van der Waals surface area contributed by atoms with E-state index in [9.17, 15) is 14.4 Å². The molecule has 5 nitrogen and oxygen atoms in total. The number of hydrogen-bond acceptors (Lipinski definition) is 5. The van der Waals surface area contributed by atoms with Crippen LogP contribution in [0.1, 0.15) is 35.3 Å². The van der Waals surface area contributed by atoms with Gasteiger partial charge in [0.05, 0.1) is 13.2 Å². The maximum atomic E-state index is 12.5. The summed E-state index contributed by atoms with van der Waals surface area (Å²) in [6, 6.07) is 5.16. The molecule has 21 heavy (non-hydrogen) atoms. The number of ether oxygens (including phenoxy) is 2. The van der Waals surface area contributed by atoms with Crippen molar-refractivity contribution >= 4 is 17.7 Å². The highest BCUT2D eigenvalue weighted by Gasteiger charge is 2.38. The van der Waals surface area contributed by atoms with Crippen LogP contribution in [0.25, 0.3) is 0 Å². The summed E-state index contributed by atoms with van der Waals surface area (Å²) in [5.41, 5.74) is 1.98. The molecule has 0 aliphatic carbocycles. The van der Waals surface area contributed by atoms with E-state index in [1.807, 2.05) is 13.0 Å². The second-order valence-electron chi connectivity index (χ2n) is 4.55. The second-order valence-corrected chi connectivity index (χ2v) is 4.55. The standard InChI is InChI=1S/C16H20O5/c1-5-20-15(18)13(16(19)21-6-2)14(17)12-9-7-8-10(3)11(12)4/h7-9,13H,5-6H2,1-4H3. The molecule has 0 saturated heterocycles. The predicted octanol–water partition coefficient (Wildman–Crippen LogP) is 2.23. The largest absolute Gasteiger partial charge is 0.465 e. The SMILES string of the molecule is CCOC(=O)C(C(=O)OCC)C(=O)c1cccc(C)c1C. The van der Waals surface area contributed by atoms with Crippen LogP contribution in [0, 0.1) is 19.8 Å². The van der Waals surface area contributed by atoms with E-state index in [1.54, 1.807) is 32.9 Å². The molecule has 0 radical (unpaired) electrons. The fraction of sp³-hybridized carbons (Fsp3) is 0.438. The van der Waals surface area contributed by atoms with Crippen LogP contribution in [-0.2, 0) is 19.1 Å². The first kappa shape index (κ1) is 16.9. The van der Waals surface area contributed by atoms with Crippen molar-refractivity contribution in [2.75, 3.05) is 13.2 Å². The molecule has 1 rings (SSSR count). The molecule has 5 heteroatoms. The highest BCUT2D eigenvalue weighted by Crippen LogP contribution is 2.19. The molecule has 0 bridgehead atoms. The summed E-state index contributed by atoms with van der Waals surface area (Å²) in [6.45, 7) is 7.04. The molecule has 0 aromatic heterocycles. The second kappa shape index (κ2) is 7.57. The zero-order chi connectivity index (χ0) is 16.0. The molecule has 114 valence electrons. The van der Waals surface area contributed by atoms with Gasteiger partial charge in [-0.25, -0.2) is 0 Å². The first-order chi connectivity index (χ1) is 9.93. The summed E-state index contributed by atoms with van der Waals surface area (Å²) in [5.74, 6) is -3.90. The van der Waals surface area contributed by atoms with Gasteiger partial charge in [-0.2, -0.15) is 0 Å². The number of ketones is 1. The molecular formula is C16H20O5.